The highest BCUT2D eigenvalue weighted by atomic mass is 35.5. The molecule has 2 aromatic heterocycles. The number of carbonyl (C=O) groups excluding carboxylic acids is 1. The standard InChI is InChI=1S/C18H19ClN4O4/c1-9-10(2)18(25)27-14-6-15(13(19)5-12(9)14)26-7-16(24)22-11(3)17-20-8-21-23(17)4/h5-6,8,11H,7H2,1-4H3,(H,22,24). The Hall–Kier alpha value is -2.87. The van der Waals surface area contributed by atoms with Crippen molar-refractivity contribution in [1.29, 1.82) is 0 Å². The smallest absolute Gasteiger partial charge is 0.339 e. The second kappa shape index (κ2) is 7.40. The van der Waals surface area contributed by atoms with Gasteiger partial charge in [-0.2, -0.15) is 5.10 Å². The van der Waals surface area contributed by atoms with Gasteiger partial charge in [0, 0.05) is 24.1 Å². The van der Waals surface area contributed by atoms with Crippen molar-refractivity contribution in [3.05, 3.63) is 50.9 Å². The third-order valence-corrected chi connectivity index (χ3v) is 4.67. The summed E-state index contributed by atoms with van der Waals surface area (Å²) in [5, 5.41) is 7.79. The number of aromatic nitrogens is 3. The topological polar surface area (TPSA) is 99.2 Å². The predicted octanol–water partition coefficient (Wildman–Crippen LogP) is 2.45. The van der Waals surface area contributed by atoms with Crippen LogP contribution >= 0.6 is 11.6 Å². The van der Waals surface area contributed by atoms with Gasteiger partial charge in [-0.05, 0) is 32.4 Å². The normalized spacial score (nSPS) is 12.2. The van der Waals surface area contributed by atoms with E-state index in [0.717, 1.165) is 10.9 Å². The summed E-state index contributed by atoms with van der Waals surface area (Å²) >= 11 is 6.26. The Morgan fingerprint density at radius 1 is 1.37 bits per heavy atom. The number of amides is 1. The van der Waals surface area contributed by atoms with Gasteiger partial charge in [0.15, 0.2) is 6.61 Å². The molecule has 1 N–H and O–H groups in total. The average molecular weight is 391 g/mol. The number of fused-ring (bicyclic) bond motifs is 1. The third kappa shape index (κ3) is 3.80. The molecule has 8 nitrogen and oxygen atoms in total. The van der Waals surface area contributed by atoms with Gasteiger partial charge >= 0.3 is 5.63 Å². The minimum absolute atomic E-state index is 0.248. The first-order valence-electron chi connectivity index (χ1n) is 8.27. The second-order valence-corrected chi connectivity index (χ2v) is 6.65. The summed E-state index contributed by atoms with van der Waals surface area (Å²) < 4.78 is 12.4. The molecule has 0 aliphatic carbocycles. The van der Waals surface area contributed by atoms with Crippen LogP contribution in [0.5, 0.6) is 5.75 Å². The molecule has 0 radical (unpaired) electrons. The minimum atomic E-state index is -0.413. The Labute approximate surface area is 160 Å². The number of nitrogens with zero attached hydrogens (tertiary/aromatic N) is 3. The number of nitrogens with one attached hydrogen (secondary N) is 1. The van der Waals surface area contributed by atoms with Gasteiger partial charge in [-0.3, -0.25) is 9.48 Å². The zero-order valence-corrected chi connectivity index (χ0v) is 16.1. The first-order chi connectivity index (χ1) is 12.8. The Balaban J connectivity index is 1.74. The summed E-state index contributed by atoms with van der Waals surface area (Å²) in [6.45, 7) is 5.07. The van der Waals surface area contributed by atoms with Gasteiger partial charge in [0.1, 0.15) is 23.5 Å². The number of ether oxygens (including phenoxy) is 1. The van der Waals surface area contributed by atoms with Crippen LogP contribution in [0, 0.1) is 13.8 Å². The van der Waals surface area contributed by atoms with E-state index in [1.807, 2.05) is 6.92 Å². The first-order valence-corrected chi connectivity index (χ1v) is 8.65. The van der Waals surface area contributed by atoms with Crippen molar-refractivity contribution < 1.29 is 13.9 Å². The number of hydrogen-bond donors (Lipinski definition) is 1. The summed E-state index contributed by atoms with van der Waals surface area (Å²) in [4.78, 5) is 28.1. The molecule has 1 atom stereocenters. The lowest BCUT2D eigenvalue weighted by atomic mass is 10.1. The van der Waals surface area contributed by atoms with Gasteiger partial charge < -0.3 is 14.5 Å². The van der Waals surface area contributed by atoms with E-state index in [-0.39, 0.29) is 24.3 Å². The van der Waals surface area contributed by atoms with Crippen LogP contribution in [-0.4, -0.2) is 27.3 Å². The molecule has 3 rings (SSSR count). The van der Waals surface area contributed by atoms with Crippen LogP contribution in [0.3, 0.4) is 0 Å². The van der Waals surface area contributed by atoms with Gasteiger partial charge in [0.2, 0.25) is 0 Å². The van der Waals surface area contributed by atoms with Crippen LogP contribution in [0.15, 0.2) is 27.7 Å². The van der Waals surface area contributed by atoms with Crippen molar-refractivity contribution in [3.63, 3.8) is 0 Å². The summed E-state index contributed by atoms with van der Waals surface area (Å²) in [6.07, 6.45) is 1.42. The van der Waals surface area contributed by atoms with E-state index < -0.39 is 5.63 Å². The summed E-state index contributed by atoms with van der Waals surface area (Å²) in [5.41, 5.74) is 1.27. The lowest BCUT2D eigenvalue weighted by molar-refractivity contribution is -0.123. The third-order valence-electron chi connectivity index (χ3n) is 4.38. The Morgan fingerprint density at radius 3 is 2.78 bits per heavy atom. The van der Waals surface area contributed by atoms with Crippen LogP contribution in [-0.2, 0) is 11.8 Å². The van der Waals surface area contributed by atoms with Gasteiger partial charge in [-0.15, -0.1) is 0 Å². The monoisotopic (exact) mass is 390 g/mol. The molecule has 0 aliphatic rings. The van der Waals surface area contributed by atoms with E-state index in [1.165, 1.54) is 12.4 Å². The van der Waals surface area contributed by atoms with Crippen LogP contribution in [0.25, 0.3) is 11.0 Å². The minimum Gasteiger partial charge on any atom is -0.482 e. The predicted molar refractivity (Wildman–Crippen MR) is 100 cm³/mol. The number of hydrogen-bond acceptors (Lipinski definition) is 6. The molecule has 0 bridgehead atoms. The SMILES string of the molecule is Cc1c(C)c2cc(Cl)c(OCC(=O)NC(C)c3ncnn3C)cc2oc1=O. The molecule has 1 unspecified atom stereocenters. The van der Waals surface area contributed by atoms with E-state index in [1.54, 1.807) is 31.6 Å². The van der Waals surface area contributed by atoms with Crippen molar-refractivity contribution in [2.75, 3.05) is 6.61 Å². The molecule has 1 aromatic carbocycles. The van der Waals surface area contributed by atoms with Crippen LogP contribution in [0.1, 0.15) is 29.9 Å². The van der Waals surface area contributed by atoms with E-state index in [2.05, 4.69) is 15.4 Å². The highest BCUT2D eigenvalue weighted by Gasteiger charge is 2.16. The fourth-order valence-electron chi connectivity index (χ4n) is 2.74. The van der Waals surface area contributed by atoms with Crippen molar-refractivity contribution >= 4 is 28.5 Å². The van der Waals surface area contributed by atoms with Crippen molar-refractivity contribution in [3.8, 4) is 5.75 Å². The van der Waals surface area contributed by atoms with E-state index in [0.29, 0.717) is 22.0 Å². The maximum Gasteiger partial charge on any atom is 0.339 e. The van der Waals surface area contributed by atoms with E-state index in [4.69, 9.17) is 20.8 Å². The molecule has 0 saturated carbocycles. The fourth-order valence-corrected chi connectivity index (χ4v) is 2.96. The van der Waals surface area contributed by atoms with Crippen molar-refractivity contribution in [2.45, 2.75) is 26.8 Å². The molecule has 0 aliphatic heterocycles. The highest BCUT2D eigenvalue weighted by Crippen LogP contribution is 2.31. The quantitative estimate of drug-likeness (QED) is 0.672. The molecular weight excluding hydrogens is 372 g/mol. The number of carbonyl (C=O) groups is 1. The van der Waals surface area contributed by atoms with Crippen LogP contribution in [0.2, 0.25) is 5.02 Å². The molecule has 27 heavy (non-hydrogen) atoms. The number of rotatable bonds is 5. The van der Waals surface area contributed by atoms with Gasteiger partial charge in [-0.1, -0.05) is 11.6 Å². The molecule has 9 heteroatoms. The van der Waals surface area contributed by atoms with Crippen molar-refractivity contribution in [2.24, 2.45) is 7.05 Å². The van der Waals surface area contributed by atoms with Crippen LogP contribution < -0.4 is 15.7 Å². The zero-order chi connectivity index (χ0) is 19.7. The van der Waals surface area contributed by atoms with E-state index >= 15 is 0 Å². The largest absolute Gasteiger partial charge is 0.482 e. The lowest BCUT2D eigenvalue weighted by Crippen LogP contribution is -2.32. The molecule has 0 spiro atoms. The van der Waals surface area contributed by atoms with Crippen molar-refractivity contribution in [1.82, 2.24) is 20.1 Å². The first kappa shape index (κ1) is 18.9. The summed E-state index contributed by atoms with van der Waals surface area (Å²) in [7, 11) is 1.74. The second-order valence-electron chi connectivity index (χ2n) is 6.24. The van der Waals surface area contributed by atoms with Crippen LogP contribution in [0.4, 0.5) is 0 Å². The number of halogens is 1. The van der Waals surface area contributed by atoms with Gasteiger partial charge in [0.25, 0.3) is 5.91 Å². The Morgan fingerprint density at radius 2 is 2.11 bits per heavy atom. The van der Waals surface area contributed by atoms with Gasteiger partial charge in [-0.25, -0.2) is 9.78 Å². The van der Waals surface area contributed by atoms with Gasteiger partial charge in [0.05, 0.1) is 11.1 Å². The lowest BCUT2D eigenvalue weighted by Gasteiger charge is -2.14. The fraction of sp³-hybridized carbons (Fsp3) is 0.333. The Bertz CT molecular complexity index is 1070. The van der Waals surface area contributed by atoms with E-state index in [9.17, 15) is 9.59 Å². The number of aryl methyl sites for hydroxylation is 2. The molecule has 142 valence electrons. The molecule has 1 amide bonds. The maximum absolute atomic E-state index is 12.2. The number of benzene rings is 1. The summed E-state index contributed by atoms with van der Waals surface area (Å²) in [5.74, 6) is 0.542. The zero-order valence-electron chi connectivity index (χ0n) is 15.4. The molecule has 0 saturated heterocycles. The maximum atomic E-state index is 12.2. The highest BCUT2D eigenvalue weighted by molar-refractivity contribution is 6.32. The summed E-state index contributed by atoms with van der Waals surface area (Å²) in [6, 6.07) is 2.85. The molecular formula is C18H19ClN4O4. The average Bonchev–Trinajstić information content (AvgIpc) is 3.05. The molecule has 0 fully saturated rings. The molecule has 2 heterocycles. The molecule has 3 aromatic rings. The Kier molecular flexibility index (Phi) is 5.18.